The van der Waals surface area contributed by atoms with Crippen LogP contribution < -0.4 is 14.8 Å². The largest absolute Gasteiger partial charge is 0.481 e. The smallest absolute Gasteiger partial charge is 0.224 e. The zero-order valence-electron chi connectivity index (χ0n) is 11.9. The lowest BCUT2D eigenvalue weighted by atomic mass is 10.1. The number of methoxy groups -OCH3 is 2. The number of ether oxygens (including phenoxy) is 2. The fourth-order valence-corrected chi connectivity index (χ4v) is 2.68. The first kappa shape index (κ1) is 14.7. The molecule has 2 aromatic heterocycles. The third-order valence-electron chi connectivity index (χ3n) is 3.00. The molecule has 0 bridgehead atoms. The van der Waals surface area contributed by atoms with Crippen molar-refractivity contribution < 1.29 is 9.47 Å². The van der Waals surface area contributed by atoms with E-state index in [-0.39, 0.29) is 0 Å². The molecule has 5 nitrogen and oxygen atoms in total. The fraction of sp³-hybridized carbons (Fsp3) is 0.429. The van der Waals surface area contributed by atoms with Gasteiger partial charge in [0.05, 0.1) is 19.8 Å². The van der Waals surface area contributed by atoms with Crippen LogP contribution in [0.1, 0.15) is 18.1 Å². The summed E-state index contributed by atoms with van der Waals surface area (Å²) < 4.78 is 10.5. The number of thiophene rings is 1. The molecule has 1 atom stereocenters. The van der Waals surface area contributed by atoms with Crippen LogP contribution in [0, 0.1) is 0 Å². The summed E-state index contributed by atoms with van der Waals surface area (Å²) in [6, 6.07) is 2.49. The Kier molecular flexibility index (Phi) is 5.31. The molecule has 108 valence electrons. The third-order valence-corrected chi connectivity index (χ3v) is 3.73. The van der Waals surface area contributed by atoms with E-state index in [0.29, 0.717) is 24.3 Å². The van der Waals surface area contributed by atoms with Gasteiger partial charge in [-0.3, -0.25) is 0 Å². The van der Waals surface area contributed by atoms with Crippen molar-refractivity contribution >= 4 is 11.3 Å². The molecule has 1 N–H and O–H groups in total. The van der Waals surface area contributed by atoms with E-state index in [4.69, 9.17) is 9.47 Å². The van der Waals surface area contributed by atoms with Gasteiger partial charge in [-0.1, -0.05) is 0 Å². The minimum atomic E-state index is 0.346. The zero-order chi connectivity index (χ0) is 14.4. The predicted molar refractivity (Wildman–Crippen MR) is 79.5 cm³/mol. The first-order valence-electron chi connectivity index (χ1n) is 6.41. The number of nitrogens with one attached hydrogen (secondary N) is 1. The van der Waals surface area contributed by atoms with E-state index in [1.807, 2.05) is 0 Å². The minimum absolute atomic E-state index is 0.346. The second-order valence-electron chi connectivity index (χ2n) is 4.49. The summed E-state index contributed by atoms with van der Waals surface area (Å²) in [4.78, 5) is 8.22. The molecule has 0 fully saturated rings. The van der Waals surface area contributed by atoms with Crippen LogP contribution in [-0.2, 0) is 13.0 Å². The molecule has 1 unspecified atom stereocenters. The van der Waals surface area contributed by atoms with Crippen molar-refractivity contribution in [1.82, 2.24) is 15.3 Å². The number of rotatable bonds is 7. The average molecular weight is 293 g/mol. The Morgan fingerprint density at radius 2 is 1.95 bits per heavy atom. The topological polar surface area (TPSA) is 56.3 Å². The van der Waals surface area contributed by atoms with Crippen LogP contribution in [0.2, 0.25) is 0 Å². The van der Waals surface area contributed by atoms with Crippen molar-refractivity contribution in [2.75, 3.05) is 14.2 Å². The van der Waals surface area contributed by atoms with Gasteiger partial charge in [-0.2, -0.15) is 11.3 Å². The normalized spacial score (nSPS) is 12.2. The number of nitrogens with zero attached hydrogens (tertiary/aromatic N) is 2. The molecule has 0 aliphatic heterocycles. The van der Waals surface area contributed by atoms with Gasteiger partial charge in [-0.25, -0.2) is 9.97 Å². The molecule has 0 saturated heterocycles. The van der Waals surface area contributed by atoms with Gasteiger partial charge in [0.2, 0.25) is 11.8 Å². The maximum absolute atomic E-state index is 5.26. The first-order valence-corrected chi connectivity index (χ1v) is 7.35. The molecular weight excluding hydrogens is 274 g/mol. The fourth-order valence-electron chi connectivity index (χ4n) is 1.99. The highest BCUT2D eigenvalue weighted by Crippen LogP contribution is 2.23. The zero-order valence-corrected chi connectivity index (χ0v) is 12.7. The molecule has 0 aliphatic rings. The van der Waals surface area contributed by atoms with Crippen LogP contribution in [-0.4, -0.2) is 30.2 Å². The summed E-state index contributed by atoms with van der Waals surface area (Å²) >= 11 is 1.72. The van der Waals surface area contributed by atoms with E-state index >= 15 is 0 Å². The van der Waals surface area contributed by atoms with Gasteiger partial charge in [-0.05, 0) is 35.7 Å². The van der Waals surface area contributed by atoms with Gasteiger partial charge in [-0.15, -0.1) is 0 Å². The molecule has 0 saturated carbocycles. The highest BCUT2D eigenvalue weighted by Gasteiger charge is 2.14. The molecule has 6 heteroatoms. The first-order chi connectivity index (χ1) is 9.74. The van der Waals surface area contributed by atoms with E-state index in [9.17, 15) is 0 Å². The molecule has 2 rings (SSSR count). The molecule has 0 spiro atoms. The van der Waals surface area contributed by atoms with E-state index in [1.54, 1.807) is 25.6 Å². The number of hydrogen-bond donors (Lipinski definition) is 1. The van der Waals surface area contributed by atoms with Gasteiger partial charge < -0.3 is 14.8 Å². The maximum atomic E-state index is 5.26. The quantitative estimate of drug-likeness (QED) is 0.848. The van der Waals surface area contributed by atoms with Crippen molar-refractivity contribution in [1.29, 1.82) is 0 Å². The van der Waals surface area contributed by atoms with E-state index in [2.05, 4.69) is 39.0 Å². The van der Waals surface area contributed by atoms with Gasteiger partial charge in [0.25, 0.3) is 0 Å². The highest BCUT2D eigenvalue weighted by atomic mass is 32.1. The van der Waals surface area contributed by atoms with Crippen molar-refractivity contribution in [3.63, 3.8) is 0 Å². The maximum Gasteiger partial charge on any atom is 0.224 e. The summed E-state index contributed by atoms with van der Waals surface area (Å²) in [5.41, 5.74) is 2.19. The molecule has 2 heterocycles. The Bertz CT molecular complexity index is 509. The summed E-state index contributed by atoms with van der Waals surface area (Å²) in [5, 5.41) is 7.72. The van der Waals surface area contributed by atoms with Crippen LogP contribution in [0.25, 0.3) is 0 Å². The van der Waals surface area contributed by atoms with E-state index in [0.717, 1.165) is 12.0 Å². The van der Waals surface area contributed by atoms with Crippen molar-refractivity contribution in [3.8, 4) is 11.8 Å². The SMILES string of the molecule is COc1ncnc(OC)c1CNC(C)Cc1ccsc1. The van der Waals surface area contributed by atoms with Crippen molar-refractivity contribution in [3.05, 3.63) is 34.3 Å². The molecule has 0 aromatic carbocycles. The van der Waals surface area contributed by atoms with Crippen molar-refractivity contribution in [2.45, 2.75) is 25.9 Å². The summed E-state index contributed by atoms with van der Waals surface area (Å²) in [6.07, 6.45) is 2.43. The Morgan fingerprint density at radius 3 is 2.50 bits per heavy atom. The van der Waals surface area contributed by atoms with Gasteiger partial charge >= 0.3 is 0 Å². The molecule has 2 aromatic rings. The Hall–Kier alpha value is -1.66. The summed E-state index contributed by atoms with van der Waals surface area (Å²) in [5.74, 6) is 1.10. The van der Waals surface area contributed by atoms with Gasteiger partial charge in [0, 0.05) is 12.6 Å². The second-order valence-corrected chi connectivity index (χ2v) is 5.27. The van der Waals surface area contributed by atoms with Gasteiger partial charge in [0.15, 0.2) is 0 Å². The van der Waals surface area contributed by atoms with Crippen LogP contribution >= 0.6 is 11.3 Å². The van der Waals surface area contributed by atoms with Crippen molar-refractivity contribution in [2.24, 2.45) is 0 Å². The van der Waals surface area contributed by atoms with Crippen LogP contribution in [0.5, 0.6) is 11.8 Å². The van der Waals surface area contributed by atoms with E-state index < -0.39 is 0 Å². The average Bonchev–Trinajstić information content (AvgIpc) is 2.97. The van der Waals surface area contributed by atoms with Crippen LogP contribution in [0.3, 0.4) is 0 Å². The summed E-state index contributed by atoms with van der Waals surface area (Å²) in [6.45, 7) is 2.76. The number of aromatic nitrogens is 2. The molecule has 0 amide bonds. The lowest BCUT2D eigenvalue weighted by molar-refractivity contribution is 0.357. The molecule has 20 heavy (non-hydrogen) atoms. The standard InChI is InChI=1S/C14H19N3O2S/c1-10(6-11-4-5-20-8-11)15-7-12-13(18-2)16-9-17-14(12)19-3/h4-5,8-10,15H,6-7H2,1-3H3. The molecule has 0 aliphatic carbocycles. The van der Waals surface area contributed by atoms with E-state index in [1.165, 1.54) is 11.9 Å². The van der Waals surface area contributed by atoms with Gasteiger partial charge in [0.1, 0.15) is 6.33 Å². The Morgan fingerprint density at radius 1 is 1.25 bits per heavy atom. The van der Waals surface area contributed by atoms with Crippen LogP contribution in [0.4, 0.5) is 0 Å². The predicted octanol–water partition coefficient (Wildman–Crippen LogP) is 2.28. The lowest BCUT2D eigenvalue weighted by Crippen LogP contribution is -2.28. The lowest BCUT2D eigenvalue weighted by Gasteiger charge is -2.15. The summed E-state index contributed by atoms with van der Waals surface area (Å²) in [7, 11) is 3.19. The molecular formula is C14H19N3O2S. The third kappa shape index (κ3) is 3.68. The molecule has 0 radical (unpaired) electrons. The number of hydrogen-bond acceptors (Lipinski definition) is 6. The Labute approximate surface area is 123 Å². The second kappa shape index (κ2) is 7.21. The van der Waals surface area contributed by atoms with Crippen LogP contribution in [0.15, 0.2) is 23.2 Å². The minimum Gasteiger partial charge on any atom is -0.481 e. The Balaban J connectivity index is 1.99. The highest BCUT2D eigenvalue weighted by molar-refractivity contribution is 7.07. The monoisotopic (exact) mass is 293 g/mol.